The monoisotopic (exact) mass is 576 g/mol. The number of nitrogens with zero attached hydrogens (tertiary/aromatic N) is 1. The van der Waals surface area contributed by atoms with Crippen LogP contribution in [0.2, 0.25) is 0 Å². The first kappa shape index (κ1) is 27.3. The lowest BCUT2D eigenvalue weighted by Crippen LogP contribution is -2.42. The highest BCUT2D eigenvalue weighted by Gasteiger charge is 2.41. The number of methoxy groups -OCH3 is 1. The van der Waals surface area contributed by atoms with Crippen LogP contribution < -0.4 is 14.8 Å². The Morgan fingerprint density at radius 2 is 1.86 bits per heavy atom. The van der Waals surface area contributed by atoms with E-state index in [1.54, 1.807) is 31.2 Å². The number of ether oxygens (including phenoxy) is 3. The number of esters is 1. The summed E-state index contributed by atoms with van der Waals surface area (Å²) in [5.41, 5.74) is 2.29. The fraction of sp³-hybridized carbons (Fsp3) is 0.280. The van der Waals surface area contributed by atoms with Gasteiger partial charge in [-0.25, -0.2) is 4.79 Å². The summed E-state index contributed by atoms with van der Waals surface area (Å²) in [6, 6.07) is 9.66. The topological polar surface area (TPSA) is 111 Å². The van der Waals surface area contributed by atoms with Gasteiger partial charge in [-0.2, -0.15) is 0 Å². The van der Waals surface area contributed by atoms with E-state index in [4.69, 9.17) is 9.47 Å². The second-order valence-electron chi connectivity index (χ2n) is 7.72. The summed E-state index contributed by atoms with van der Waals surface area (Å²) in [6.45, 7) is 5.26. The minimum absolute atomic E-state index is 0.149. The van der Waals surface area contributed by atoms with Crippen molar-refractivity contribution in [3.8, 4) is 11.5 Å². The van der Waals surface area contributed by atoms with Crippen molar-refractivity contribution in [2.45, 2.75) is 26.8 Å². The van der Waals surface area contributed by atoms with Crippen LogP contribution in [-0.2, 0) is 19.1 Å². The van der Waals surface area contributed by atoms with Gasteiger partial charge in [0.15, 0.2) is 18.1 Å². The normalized spacial score (nSPS) is 15.1. The van der Waals surface area contributed by atoms with E-state index in [0.717, 1.165) is 22.2 Å². The van der Waals surface area contributed by atoms with Crippen molar-refractivity contribution in [1.29, 1.82) is 0 Å². The molecule has 2 aromatic rings. The first-order valence-corrected chi connectivity index (χ1v) is 12.6. The van der Waals surface area contributed by atoms with Gasteiger partial charge in [0.1, 0.15) is 6.04 Å². The first-order valence-electron chi connectivity index (χ1n) is 10.9. The van der Waals surface area contributed by atoms with Crippen LogP contribution in [0.4, 0.5) is 10.5 Å². The van der Waals surface area contributed by atoms with E-state index < -0.39 is 23.2 Å². The number of aryl methyl sites for hydroxylation is 1. The van der Waals surface area contributed by atoms with Crippen LogP contribution in [0.25, 0.3) is 6.08 Å². The van der Waals surface area contributed by atoms with Gasteiger partial charge in [-0.05, 0) is 84.4 Å². The van der Waals surface area contributed by atoms with E-state index in [2.05, 4.69) is 26.0 Å². The van der Waals surface area contributed by atoms with E-state index in [-0.39, 0.29) is 17.4 Å². The Bertz CT molecular complexity index is 1210. The fourth-order valence-electron chi connectivity index (χ4n) is 3.29. The van der Waals surface area contributed by atoms with Gasteiger partial charge in [0.25, 0.3) is 17.1 Å². The number of rotatable bonds is 9. The number of carbonyl (C=O) groups excluding carboxylic acids is 4. The zero-order valence-electron chi connectivity index (χ0n) is 20.1. The lowest BCUT2D eigenvalue weighted by molar-refractivity contribution is -0.148. The molecule has 0 aliphatic carbocycles. The summed E-state index contributed by atoms with van der Waals surface area (Å²) in [4.78, 5) is 50.3. The van der Waals surface area contributed by atoms with Gasteiger partial charge in [-0.3, -0.25) is 19.3 Å². The number of imide groups is 1. The average molecular weight is 577 g/mol. The molecule has 0 unspecified atom stereocenters. The van der Waals surface area contributed by atoms with Gasteiger partial charge in [-0.15, -0.1) is 0 Å². The largest absolute Gasteiger partial charge is 0.490 e. The molecule has 1 fully saturated rings. The highest BCUT2D eigenvalue weighted by atomic mass is 79.9. The molecule has 1 atom stereocenters. The van der Waals surface area contributed by atoms with E-state index in [9.17, 15) is 19.2 Å². The number of thioether (sulfide) groups is 1. The Kier molecular flexibility index (Phi) is 9.16. The Hall–Kier alpha value is -3.31. The maximum Gasteiger partial charge on any atom is 0.328 e. The lowest BCUT2D eigenvalue weighted by Gasteiger charge is -2.18. The van der Waals surface area contributed by atoms with Crippen LogP contribution in [0.5, 0.6) is 11.5 Å². The Balaban J connectivity index is 1.78. The van der Waals surface area contributed by atoms with Gasteiger partial charge in [0.2, 0.25) is 0 Å². The maximum absolute atomic E-state index is 12.8. The zero-order valence-corrected chi connectivity index (χ0v) is 22.5. The van der Waals surface area contributed by atoms with Crippen molar-refractivity contribution in [3.05, 3.63) is 56.9 Å². The smallest absolute Gasteiger partial charge is 0.328 e. The summed E-state index contributed by atoms with van der Waals surface area (Å²) in [6.07, 6.45) is 1.52. The van der Waals surface area contributed by atoms with Crippen molar-refractivity contribution in [1.82, 2.24) is 4.90 Å². The standard InChI is InChI=1S/C25H25BrN2O7S/c1-5-34-19-11-16(12-20-23(30)28(25(32)36-20)15(3)24(31)33-4)10-18(26)22(19)35-13-21(29)27-17-8-6-14(2)7-9-17/h6-12,15H,5,13H2,1-4H3,(H,27,29)/b20-12+/t15-/m0/s1. The molecular weight excluding hydrogens is 552 g/mol. The molecule has 3 rings (SSSR count). The van der Waals surface area contributed by atoms with Crippen LogP contribution in [0.3, 0.4) is 0 Å². The minimum atomic E-state index is -1.04. The molecule has 190 valence electrons. The SMILES string of the molecule is CCOc1cc(/C=C2/SC(=O)N([C@@H](C)C(=O)OC)C2=O)cc(Br)c1OCC(=O)Nc1ccc(C)cc1. The first-order chi connectivity index (χ1) is 17.1. The molecule has 9 nitrogen and oxygen atoms in total. The molecule has 0 spiro atoms. The molecule has 1 aliphatic rings. The highest BCUT2D eigenvalue weighted by molar-refractivity contribution is 9.10. The Morgan fingerprint density at radius 3 is 2.50 bits per heavy atom. The van der Waals surface area contributed by atoms with Gasteiger partial charge < -0.3 is 19.5 Å². The Morgan fingerprint density at radius 1 is 1.17 bits per heavy atom. The second kappa shape index (κ2) is 12.1. The van der Waals surface area contributed by atoms with Crippen molar-refractivity contribution >= 4 is 62.5 Å². The van der Waals surface area contributed by atoms with Crippen LogP contribution in [0, 0.1) is 6.92 Å². The van der Waals surface area contributed by atoms with Gasteiger partial charge >= 0.3 is 5.97 Å². The summed E-state index contributed by atoms with van der Waals surface area (Å²) in [5.74, 6) is -0.951. The van der Waals surface area contributed by atoms with Crippen molar-refractivity contribution < 1.29 is 33.4 Å². The van der Waals surface area contributed by atoms with E-state index >= 15 is 0 Å². The summed E-state index contributed by atoms with van der Waals surface area (Å²) >= 11 is 4.17. The molecule has 36 heavy (non-hydrogen) atoms. The number of benzene rings is 2. The molecule has 1 heterocycles. The van der Waals surface area contributed by atoms with Crippen molar-refractivity contribution in [3.63, 3.8) is 0 Å². The highest BCUT2D eigenvalue weighted by Crippen LogP contribution is 2.39. The van der Waals surface area contributed by atoms with Gasteiger partial charge in [-0.1, -0.05) is 17.7 Å². The number of hydrogen-bond acceptors (Lipinski definition) is 8. The molecule has 11 heteroatoms. The molecule has 2 aromatic carbocycles. The third kappa shape index (κ3) is 6.46. The van der Waals surface area contributed by atoms with E-state index in [1.165, 1.54) is 20.1 Å². The third-order valence-electron chi connectivity index (χ3n) is 5.07. The van der Waals surface area contributed by atoms with Crippen LogP contribution in [0.15, 0.2) is 45.8 Å². The summed E-state index contributed by atoms with van der Waals surface area (Å²) in [5, 5.41) is 2.20. The number of amides is 3. The fourth-order valence-corrected chi connectivity index (χ4v) is 4.77. The molecule has 1 N–H and O–H groups in total. The van der Waals surface area contributed by atoms with Crippen LogP contribution in [0.1, 0.15) is 25.0 Å². The summed E-state index contributed by atoms with van der Waals surface area (Å²) < 4.78 is 16.6. The predicted molar refractivity (Wildman–Crippen MR) is 140 cm³/mol. The number of hydrogen-bond donors (Lipinski definition) is 1. The van der Waals surface area contributed by atoms with Gasteiger partial charge in [0.05, 0.1) is 23.1 Å². The molecule has 0 radical (unpaired) electrons. The average Bonchev–Trinajstić information content (AvgIpc) is 3.11. The molecule has 0 bridgehead atoms. The van der Waals surface area contributed by atoms with Gasteiger partial charge in [0, 0.05) is 5.69 Å². The second-order valence-corrected chi connectivity index (χ2v) is 9.56. The Labute approximate surface area is 221 Å². The number of halogens is 1. The molecule has 1 aliphatic heterocycles. The quantitative estimate of drug-likeness (QED) is 0.335. The predicted octanol–water partition coefficient (Wildman–Crippen LogP) is 4.77. The number of carbonyl (C=O) groups is 4. The molecular formula is C25H25BrN2O7S. The van der Waals surface area contributed by atoms with E-state index in [0.29, 0.717) is 33.8 Å². The van der Waals surface area contributed by atoms with Crippen LogP contribution >= 0.6 is 27.7 Å². The minimum Gasteiger partial charge on any atom is -0.490 e. The van der Waals surface area contributed by atoms with Crippen molar-refractivity contribution in [2.24, 2.45) is 0 Å². The molecule has 0 saturated carbocycles. The number of anilines is 1. The van der Waals surface area contributed by atoms with Crippen LogP contribution in [-0.4, -0.2) is 54.3 Å². The lowest BCUT2D eigenvalue weighted by atomic mass is 10.1. The molecule has 1 saturated heterocycles. The maximum atomic E-state index is 12.8. The number of nitrogens with one attached hydrogen (secondary N) is 1. The third-order valence-corrected chi connectivity index (χ3v) is 6.54. The van der Waals surface area contributed by atoms with E-state index in [1.807, 2.05) is 19.1 Å². The van der Waals surface area contributed by atoms with Crippen molar-refractivity contribution in [2.75, 3.05) is 25.6 Å². The zero-order chi connectivity index (χ0) is 26.4. The molecule has 0 aromatic heterocycles. The summed E-state index contributed by atoms with van der Waals surface area (Å²) in [7, 11) is 1.19. The molecule has 3 amide bonds.